The maximum Gasteiger partial charge on any atom is 0.257 e. The van der Waals surface area contributed by atoms with Crippen LogP contribution >= 0.6 is 12.4 Å². The fourth-order valence-corrected chi connectivity index (χ4v) is 4.36. The van der Waals surface area contributed by atoms with E-state index in [0.717, 1.165) is 29.8 Å². The second kappa shape index (κ2) is 7.41. The lowest BCUT2D eigenvalue weighted by Gasteiger charge is -2.35. The summed E-state index contributed by atoms with van der Waals surface area (Å²) in [5, 5.41) is 8.14. The number of hydrogen-bond donors (Lipinski definition) is 1. The summed E-state index contributed by atoms with van der Waals surface area (Å²) in [6.45, 7) is 4.04. The fourth-order valence-electron chi connectivity index (χ4n) is 4.36. The van der Waals surface area contributed by atoms with Gasteiger partial charge in [-0.3, -0.25) is 4.79 Å². The molecular formula is C20H27ClN4O. The van der Waals surface area contributed by atoms with Crippen LogP contribution in [0.2, 0.25) is 0 Å². The van der Waals surface area contributed by atoms with Crippen LogP contribution in [0.5, 0.6) is 0 Å². The van der Waals surface area contributed by atoms with Crippen LogP contribution in [-0.4, -0.2) is 45.8 Å². The van der Waals surface area contributed by atoms with Crippen LogP contribution in [0, 0.1) is 13.8 Å². The number of aryl methyl sites for hydroxylation is 1. The molecule has 1 aromatic carbocycles. The Morgan fingerprint density at radius 1 is 1.19 bits per heavy atom. The number of carbonyl (C=O) groups is 1. The molecule has 6 heteroatoms. The Balaban J connectivity index is 0.00000196. The fraction of sp³-hybridized carbons (Fsp3) is 0.500. The summed E-state index contributed by atoms with van der Waals surface area (Å²) in [5.74, 6) is 0.0867. The topological polar surface area (TPSA) is 50.2 Å². The highest BCUT2D eigenvalue weighted by atomic mass is 35.5. The van der Waals surface area contributed by atoms with Gasteiger partial charge in [-0.1, -0.05) is 18.2 Å². The largest absolute Gasteiger partial charge is 0.338 e. The maximum atomic E-state index is 13.1. The number of para-hydroxylation sites is 1. The molecule has 2 aromatic rings. The van der Waals surface area contributed by atoms with Gasteiger partial charge in [0, 0.05) is 25.2 Å². The van der Waals surface area contributed by atoms with E-state index in [1.165, 1.54) is 12.8 Å². The Hall–Kier alpha value is -1.85. The highest BCUT2D eigenvalue weighted by Gasteiger charge is 2.37. The summed E-state index contributed by atoms with van der Waals surface area (Å²) < 4.78 is 1.88. The third-order valence-electron chi connectivity index (χ3n) is 5.90. The Morgan fingerprint density at radius 3 is 2.50 bits per heavy atom. The van der Waals surface area contributed by atoms with Crippen LogP contribution in [0.4, 0.5) is 0 Å². The Kier molecular flexibility index (Phi) is 5.39. The van der Waals surface area contributed by atoms with Crippen LogP contribution in [0.25, 0.3) is 5.69 Å². The normalized spacial score (nSPS) is 24.2. The summed E-state index contributed by atoms with van der Waals surface area (Å²) in [6.07, 6.45) is 6.32. The zero-order valence-electron chi connectivity index (χ0n) is 15.6. The molecule has 0 saturated carbocycles. The van der Waals surface area contributed by atoms with E-state index in [2.05, 4.69) is 23.4 Å². The van der Waals surface area contributed by atoms with Gasteiger partial charge in [0.2, 0.25) is 0 Å². The number of nitrogens with one attached hydrogen (secondary N) is 1. The molecule has 3 heterocycles. The molecule has 26 heavy (non-hydrogen) atoms. The van der Waals surface area contributed by atoms with Gasteiger partial charge in [-0.05, 0) is 51.2 Å². The molecule has 0 spiro atoms. The molecule has 2 fully saturated rings. The molecule has 1 aromatic heterocycles. The number of aromatic nitrogens is 2. The monoisotopic (exact) mass is 374 g/mol. The van der Waals surface area contributed by atoms with Crippen LogP contribution < -0.4 is 5.32 Å². The van der Waals surface area contributed by atoms with Gasteiger partial charge in [0.15, 0.2) is 0 Å². The molecule has 1 amide bonds. The zero-order chi connectivity index (χ0) is 17.6. The van der Waals surface area contributed by atoms with E-state index in [9.17, 15) is 4.79 Å². The van der Waals surface area contributed by atoms with Crippen molar-refractivity contribution in [3.8, 4) is 5.69 Å². The minimum atomic E-state index is 0. The third kappa shape index (κ3) is 3.26. The predicted molar refractivity (Wildman–Crippen MR) is 105 cm³/mol. The number of amides is 1. The van der Waals surface area contributed by atoms with Gasteiger partial charge in [-0.2, -0.15) is 5.10 Å². The summed E-state index contributed by atoms with van der Waals surface area (Å²) in [5.41, 5.74) is 3.79. The summed E-state index contributed by atoms with van der Waals surface area (Å²) >= 11 is 0. The van der Waals surface area contributed by atoms with Crippen LogP contribution in [0.3, 0.4) is 0 Å². The van der Waals surface area contributed by atoms with Crippen molar-refractivity contribution >= 4 is 18.3 Å². The highest BCUT2D eigenvalue weighted by molar-refractivity contribution is 5.95. The minimum Gasteiger partial charge on any atom is -0.338 e. The number of carbonyl (C=O) groups excluding carboxylic acids is 1. The van der Waals surface area contributed by atoms with E-state index in [1.807, 2.05) is 41.8 Å². The van der Waals surface area contributed by atoms with Crippen LogP contribution in [0.1, 0.15) is 47.3 Å². The van der Waals surface area contributed by atoms with Gasteiger partial charge in [-0.15, -0.1) is 12.4 Å². The van der Waals surface area contributed by atoms with E-state index < -0.39 is 0 Å². The van der Waals surface area contributed by atoms with Gasteiger partial charge in [-0.25, -0.2) is 4.68 Å². The molecule has 2 atom stereocenters. The van der Waals surface area contributed by atoms with Crippen molar-refractivity contribution in [1.82, 2.24) is 20.0 Å². The maximum absolute atomic E-state index is 13.1. The van der Waals surface area contributed by atoms with E-state index in [1.54, 1.807) is 6.20 Å². The summed E-state index contributed by atoms with van der Waals surface area (Å²) in [6, 6.07) is 9.61. The molecule has 2 aliphatic rings. The van der Waals surface area contributed by atoms with Crippen molar-refractivity contribution in [2.45, 2.75) is 57.7 Å². The Bertz CT molecular complexity index is 791. The van der Waals surface area contributed by atoms with E-state index in [-0.39, 0.29) is 18.3 Å². The number of rotatable bonds is 3. The lowest BCUT2D eigenvalue weighted by Crippen LogP contribution is -2.48. The van der Waals surface area contributed by atoms with Crippen molar-refractivity contribution in [3.63, 3.8) is 0 Å². The van der Waals surface area contributed by atoms with Crippen molar-refractivity contribution < 1.29 is 4.79 Å². The van der Waals surface area contributed by atoms with Crippen LogP contribution in [-0.2, 0) is 0 Å². The molecule has 2 saturated heterocycles. The molecule has 2 bridgehead atoms. The minimum absolute atomic E-state index is 0. The van der Waals surface area contributed by atoms with Crippen molar-refractivity contribution in [3.05, 3.63) is 47.3 Å². The molecule has 2 aliphatic heterocycles. The molecular weight excluding hydrogens is 348 g/mol. The van der Waals surface area contributed by atoms with Crippen molar-refractivity contribution in [1.29, 1.82) is 0 Å². The number of hydrogen-bond acceptors (Lipinski definition) is 3. The highest BCUT2D eigenvalue weighted by Crippen LogP contribution is 2.30. The Labute approximate surface area is 161 Å². The van der Waals surface area contributed by atoms with Crippen molar-refractivity contribution in [2.24, 2.45) is 0 Å². The zero-order valence-corrected chi connectivity index (χ0v) is 16.4. The molecule has 1 N–H and O–H groups in total. The number of halogens is 1. The average molecular weight is 375 g/mol. The van der Waals surface area contributed by atoms with E-state index >= 15 is 0 Å². The summed E-state index contributed by atoms with van der Waals surface area (Å²) in [4.78, 5) is 15.0. The molecule has 140 valence electrons. The first-order chi connectivity index (χ1) is 12.0. The molecule has 0 aliphatic carbocycles. The molecule has 0 radical (unpaired) electrons. The van der Waals surface area contributed by atoms with Gasteiger partial charge in [0.05, 0.1) is 23.1 Å². The predicted octanol–water partition coefficient (Wildman–Crippen LogP) is 3.27. The number of nitrogens with zero attached hydrogens (tertiary/aromatic N) is 3. The lowest BCUT2D eigenvalue weighted by atomic mass is 9.98. The standard InChI is InChI=1S/C20H26N4O.ClH/c1-13-6-4-5-7-19(13)24-14(2)18(12-21-24)20(25)23(3)17-10-15-8-9-16(11-17)22-15;/h4-7,12,15-17,22H,8-11H2,1-3H3;1H. The lowest BCUT2D eigenvalue weighted by molar-refractivity contribution is 0.0681. The SMILES string of the molecule is Cc1ccccc1-n1ncc(C(=O)N(C)C2CC3CCC(C2)N3)c1C.Cl. The van der Waals surface area contributed by atoms with E-state index in [4.69, 9.17) is 0 Å². The van der Waals surface area contributed by atoms with Gasteiger partial charge >= 0.3 is 0 Å². The first-order valence-corrected chi connectivity index (χ1v) is 9.18. The number of piperidine rings is 1. The quantitative estimate of drug-likeness (QED) is 0.897. The molecule has 4 rings (SSSR count). The first-order valence-electron chi connectivity index (χ1n) is 9.18. The second-order valence-corrected chi connectivity index (χ2v) is 7.52. The third-order valence-corrected chi connectivity index (χ3v) is 5.90. The molecule has 5 nitrogen and oxygen atoms in total. The average Bonchev–Trinajstić information content (AvgIpc) is 3.16. The smallest absolute Gasteiger partial charge is 0.257 e. The first kappa shape index (κ1) is 18.9. The van der Waals surface area contributed by atoms with Gasteiger partial charge < -0.3 is 10.2 Å². The second-order valence-electron chi connectivity index (χ2n) is 7.52. The number of fused-ring (bicyclic) bond motifs is 2. The molecule has 2 unspecified atom stereocenters. The van der Waals surface area contributed by atoms with Crippen molar-refractivity contribution in [2.75, 3.05) is 7.05 Å². The van der Waals surface area contributed by atoms with Crippen LogP contribution in [0.15, 0.2) is 30.5 Å². The van der Waals surface area contributed by atoms with Gasteiger partial charge in [0.1, 0.15) is 0 Å². The van der Waals surface area contributed by atoms with E-state index in [0.29, 0.717) is 23.7 Å². The summed E-state index contributed by atoms with van der Waals surface area (Å²) in [7, 11) is 1.95. The number of benzene rings is 1. The van der Waals surface area contributed by atoms with Gasteiger partial charge in [0.25, 0.3) is 5.91 Å². The Morgan fingerprint density at radius 2 is 1.85 bits per heavy atom.